The predicted molar refractivity (Wildman–Crippen MR) is 81.2 cm³/mol. The summed E-state index contributed by atoms with van der Waals surface area (Å²) in [7, 11) is 1.53. The number of halogens is 3. The average molecular weight is 353 g/mol. The quantitative estimate of drug-likeness (QED) is 0.843. The van der Waals surface area contributed by atoms with E-state index in [9.17, 15) is 22.8 Å². The molecule has 2 aromatic heterocycles. The molecular formula is C16H14F3N3O3. The van der Waals surface area contributed by atoms with E-state index in [4.69, 9.17) is 4.74 Å². The Kier molecular flexibility index (Phi) is 4.23. The van der Waals surface area contributed by atoms with Crippen LogP contribution in [0.2, 0.25) is 0 Å². The monoisotopic (exact) mass is 353 g/mol. The van der Waals surface area contributed by atoms with E-state index >= 15 is 0 Å². The second-order valence-corrected chi connectivity index (χ2v) is 5.64. The normalized spacial score (nSPS) is 15.0. The molecule has 0 radical (unpaired) electrons. The molecule has 1 aliphatic heterocycles. The standard InChI is InChI=1S/C16H14F3N3O3/c1-21-7-3-4-11(14(21)23)15(24)22-8-10(9-22)25-13-12(16(17,18)19)5-2-6-20-13/h2-7,10H,8-9H2,1H3. The first-order valence-corrected chi connectivity index (χ1v) is 7.41. The number of alkyl halides is 3. The number of likely N-dealkylation sites (tertiary alicyclic amines) is 1. The lowest BCUT2D eigenvalue weighted by molar-refractivity contribution is -0.140. The minimum absolute atomic E-state index is 0.0114. The molecule has 3 heterocycles. The molecule has 0 N–H and O–H groups in total. The Balaban J connectivity index is 1.67. The van der Waals surface area contributed by atoms with E-state index in [1.54, 1.807) is 6.07 Å². The van der Waals surface area contributed by atoms with Gasteiger partial charge in [-0.15, -0.1) is 0 Å². The van der Waals surface area contributed by atoms with Crippen molar-refractivity contribution in [2.24, 2.45) is 7.05 Å². The molecule has 6 nitrogen and oxygen atoms in total. The van der Waals surface area contributed by atoms with Crippen LogP contribution in [0.3, 0.4) is 0 Å². The number of carbonyl (C=O) groups is 1. The minimum atomic E-state index is -4.57. The average Bonchev–Trinajstić information content (AvgIpc) is 2.52. The third kappa shape index (κ3) is 3.35. The Hall–Kier alpha value is -2.84. The smallest absolute Gasteiger partial charge is 0.421 e. The molecule has 1 saturated heterocycles. The van der Waals surface area contributed by atoms with Crippen molar-refractivity contribution >= 4 is 5.91 Å². The van der Waals surface area contributed by atoms with E-state index in [1.165, 1.54) is 41.0 Å². The van der Waals surface area contributed by atoms with Crippen molar-refractivity contribution in [1.29, 1.82) is 0 Å². The number of aromatic nitrogens is 2. The molecule has 9 heteroatoms. The molecule has 3 rings (SSSR count). The Morgan fingerprint density at radius 2 is 2.00 bits per heavy atom. The Bertz CT molecular complexity index is 857. The molecule has 1 aliphatic rings. The highest BCUT2D eigenvalue weighted by atomic mass is 19.4. The Morgan fingerprint density at radius 1 is 1.28 bits per heavy atom. The second-order valence-electron chi connectivity index (χ2n) is 5.64. The van der Waals surface area contributed by atoms with Gasteiger partial charge in [0.1, 0.15) is 17.2 Å². The number of aryl methyl sites for hydroxylation is 1. The lowest BCUT2D eigenvalue weighted by Gasteiger charge is -2.38. The van der Waals surface area contributed by atoms with Gasteiger partial charge in [0.15, 0.2) is 0 Å². The number of amides is 1. The van der Waals surface area contributed by atoms with Gasteiger partial charge in [0, 0.05) is 19.4 Å². The van der Waals surface area contributed by atoms with Gasteiger partial charge >= 0.3 is 6.18 Å². The van der Waals surface area contributed by atoms with Crippen molar-refractivity contribution < 1.29 is 22.7 Å². The highest BCUT2D eigenvalue weighted by Gasteiger charge is 2.38. The van der Waals surface area contributed by atoms with E-state index in [0.29, 0.717) is 0 Å². The summed E-state index contributed by atoms with van der Waals surface area (Å²) in [6.45, 7) is 0.176. The summed E-state index contributed by atoms with van der Waals surface area (Å²) < 4.78 is 45.3. The molecule has 25 heavy (non-hydrogen) atoms. The molecule has 0 bridgehead atoms. The van der Waals surface area contributed by atoms with E-state index in [0.717, 1.165) is 6.07 Å². The SMILES string of the molecule is Cn1cccc(C(=O)N2CC(Oc3ncccc3C(F)(F)F)C2)c1=O. The third-order valence-corrected chi connectivity index (χ3v) is 3.84. The predicted octanol–water partition coefficient (Wildman–Crippen LogP) is 1.70. The van der Waals surface area contributed by atoms with Crippen molar-refractivity contribution in [2.45, 2.75) is 12.3 Å². The van der Waals surface area contributed by atoms with Gasteiger partial charge in [-0.2, -0.15) is 13.2 Å². The first-order chi connectivity index (χ1) is 11.8. The number of hydrogen-bond acceptors (Lipinski definition) is 4. The summed E-state index contributed by atoms with van der Waals surface area (Å²) in [4.78, 5) is 29.2. The summed E-state index contributed by atoms with van der Waals surface area (Å²) in [5.74, 6) is -0.985. The fourth-order valence-corrected chi connectivity index (χ4v) is 2.47. The number of carbonyl (C=O) groups excluding carboxylic acids is 1. The minimum Gasteiger partial charge on any atom is -0.470 e. The van der Waals surface area contributed by atoms with E-state index in [1.807, 2.05) is 0 Å². The second kappa shape index (κ2) is 6.23. The third-order valence-electron chi connectivity index (χ3n) is 3.84. The van der Waals surface area contributed by atoms with E-state index in [2.05, 4.69) is 4.98 Å². The molecule has 2 aromatic rings. The number of ether oxygens (including phenoxy) is 1. The Morgan fingerprint density at radius 3 is 2.68 bits per heavy atom. The maximum Gasteiger partial charge on any atom is 0.421 e. The van der Waals surface area contributed by atoms with Crippen molar-refractivity contribution in [3.8, 4) is 5.88 Å². The van der Waals surface area contributed by atoms with Crippen molar-refractivity contribution in [3.05, 3.63) is 58.1 Å². The first-order valence-electron chi connectivity index (χ1n) is 7.41. The van der Waals surface area contributed by atoms with Crippen LogP contribution in [0.5, 0.6) is 5.88 Å². The molecular weight excluding hydrogens is 339 g/mol. The molecule has 0 aromatic carbocycles. The van der Waals surface area contributed by atoms with Crippen LogP contribution < -0.4 is 10.3 Å². The van der Waals surface area contributed by atoms with Crippen LogP contribution >= 0.6 is 0 Å². The van der Waals surface area contributed by atoms with Gasteiger partial charge in [-0.3, -0.25) is 9.59 Å². The van der Waals surface area contributed by atoms with Gasteiger partial charge in [0.05, 0.1) is 13.1 Å². The summed E-state index contributed by atoms with van der Waals surface area (Å²) >= 11 is 0. The molecule has 0 unspecified atom stereocenters. The molecule has 0 aliphatic carbocycles. The van der Waals surface area contributed by atoms with Gasteiger partial charge < -0.3 is 14.2 Å². The van der Waals surface area contributed by atoms with Crippen LogP contribution in [0.25, 0.3) is 0 Å². The van der Waals surface area contributed by atoms with Crippen LogP contribution in [0.15, 0.2) is 41.5 Å². The van der Waals surface area contributed by atoms with Crippen LogP contribution in [0.4, 0.5) is 13.2 Å². The molecule has 0 atom stereocenters. The molecule has 0 spiro atoms. The lowest BCUT2D eigenvalue weighted by atomic mass is 10.1. The zero-order valence-electron chi connectivity index (χ0n) is 13.2. The van der Waals surface area contributed by atoms with Crippen LogP contribution in [0.1, 0.15) is 15.9 Å². The largest absolute Gasteiger partial charge is 0.470 e. The zero-order valence-corrected chi connectivity index (χ0v) is 13.2. The fraction of sp³-hybridized carbons (Fsp3) is 0.312. The van der Waals surface area contributed by atoms with E-state index < -0.39 is 35.2 Å². The van der Waals surface area contributed by atoms with Crippen molar-refractivity contribution in [1.82, 2.24) is 14.5 Å². The highest BCUT2D eigenvalue weighted by Crippen LogP contribution is 2.35. The zero-order chi connectivity index (χ0) is 18.2. The van der Waals surface area contributed by atoms with Crippen molar-refractivity contribution in [2.75, 3.05) is 13.1 Å². The summed E-state index contributed by atoms with van der Waals surface area (Å²) in [6.07, 6.45) is -2.44. The summed E-state index contributed by atoms with van der Waals surface area (Å²) in [5, 5.41) is 0. The molecule has 0 saturated carbocycles. The fourth-order valence-electron chi connectivity index (χ4n) is 2.47. The van der Waals surface area contributed by atoms with Gasteiger partial charge in [0.25, 0.3) is 11.5 Å². The summed E-state index contributed by atoms with van der Waals surface area (Å²) in [6, 6.07) is 5.06. The number of hydrogen-bond donors (Lipinski definition) is 0. The lowest BCUT2D eigenvalue weighted by Crippen LogP contribution is -2.57. The van der Waals surface area contributed by atoms with Crippen LogP contribution in [-0.2, 0) is 13.2 Å². The molecule has 1 amide bonds. The number of nitrogens with zero attached hydrogens (tertiary/aromatic N) is 3. The number of rotatable bonds is 3. The maximum atomic E-state index is 12.9. The highest BCUT2D eigenvalue weighted by molar-refractivity contribution is 5.94. The van der Waals surface area contributed by atoms with Gasteiger partial charge in [0.2, 0.25) is 5.88 Å². The van der Waals surface area contributed by atoms with Crippen LogP contribution in [-0.4, -0.2) is 39.6 Å². The first kappa shape index (κ1) is 17.0. The Labute approximate surface area is 140 Å². The van der Waals surface area contributed by atoms with Gasteiger partial charge in [-0.05, 0) is 24.3 Å². The van der Waals surface area contributed by atoms with Gasteiger partial charge in [-0.25, -0.2) is 4.98 Å². The maximum absolute atomic E-state index is 12.9. The molecule has 132 valence electrons. The molecule has 1 fully saturated rings. The number of pyridine rings is 2. The topological polar surface area (TPSA) is 64.4 Å². The van der Waals surface area contributed by atoms with Crippen molar-refractivity contribution in [3.63, 3.8) is 0 Å². The summed E-state index contributed by atoms with van der Waals surface area (Å²) in [5.41, 5.74) is -1.38. The van der Waals surface area contributed by atoms with Crippen LogP contribution in [0, 0.1) is 0 Å². The van der Waals surface area contributed by atoms with Gasteiger partial charge in [-0.1, -0.05) is 0 Å². The van der Waals surface area contributed by atoms with E-state index in [-0.39, 0.29) is 18.7 Å².